The summed E-state index contributed by atoms with van der Waals surface area (Å²) in [7, 11) is 1.71. The second-order valence-electron chi connectivity index (χ2n) is 9.85. The number of fused-ring (bicyclic) bond motifs is 1. The van der Waals surface area contributed by atoms with Gasteiger partial charge in [-0.05, 0) is 37.8 Å². The van der Waals surface area contributed by atoms with E-state index in [9.17, 15) is 18.0 Å². The molecule has 12 heteroatoms. The van der Waals surface area contributed by atoms with Gasteiger partial charge >= 0.3 is 6.18 Å². The van der Waals surface area contributed by atoms with Crippen molar-refractivity contribution < 1.29 is 17.9 Å². The third-order valence-corrected chi connectivity index (χ3v) is 7.41. The molecule has 0 radical (unpaired) electrons. The molecule has 3 fully saturated rings. The number of halogens is 3. The van der Waals surface area contributed by atoms with Gasteiger partial charge in [-0.15, -0.1) is 0 Å². The third kappa shape index (κ3) is 3.74. The minimum Gasteiger partial charge on any atom is -0.370 e. The summed E-state index contributed by atoms with van der Waals surface area (Å²) in [4.78, 5) is 25.5. The molecule has 1 spiro atoms. The van der Waals surface area contributed by atoms with Crippen molar-refractivity contribution in [3.8, 4) is 0 Å². The maximum atomic E-state index is 13.1. The normalized spacial score (nSPS) is 22.2. The smallest absolute Gasteiger partial charge is 0.370 e. The molecule has 6 heterocycles. The monoisotopic (exact) mass is 489 g/mol. The van der Waals surface area contributed by atoms with Gasteiger partial charge in [0.25, 0.3) is 5.56 Å². The maximum Gasteiger partial charge on any atom is 0.433 e. The molecule has 0 bridgehead atoms. The second-order valence-corrected chi connectivity index (χ2v) is 9.85. The predicted molar refractivity (Wildman–Crippen MR) is 122 cm³/mol. The number of aromatic nitrogens is 5. The zero-order valence-electron chi connectivity index (χ0n) is 19.3. The van der Waals surface area contributed by atoms with Gasteiger partial charge in [-0.1, -0.05) is 0 Å². The van der Waals surface area contributed by atoms with E-state index in [0.717, 1.165) is 38.3 Å². The summed E-state index contributed by atoms with van der Waals surface area (Å²) in [6.45, 7) is 3.36. The number of hydrogen-bond donors (Lipinski definition) is 0. The van der Waals surface area contributed by atoms with Crippen LogP contribution >= 0.6 is 0 Å². The molecule has 9 nitrogen and oxygen atoms in total. The first-order chi connectivity index (χ1) is 16.7. The Labute approximate surface area is 199 Å². The zero-order chi connectivity index (χ0) is 24.4. The number of alkyl halides is 3. The Hall–Kier alpha value is -3.15. The molecule has 0 aliphatic carbocycles. The van der Waals surface area contributed by atoms with Gasteiger partial charge in [-0.3, -0.25) is 14.3 Å². The number of pyridine rings is 1. The predicted octanol–water partition coefficient (Wildman–Crippen LogP) is 2.96. The Morgan fingerprint density at radius 1 is 1.17 bits per heavy atom. The molecule has 3 saturated heterocycles. The quantitative estimate of drug-likeness (QED) is 0.560. The van der Waals surface area contributed by atoms with Gasteiger partial charge in [0.15, 0.2) is 11.9 Å². The molecule has 3 aromatic heterocycles. The van der Waals surface area contributed by atoms with Gasteiger partial charge in [-0.25, -0.2) is 4.68 Å². The lowest BCUT2D eigenvalue weighted by Crippen LogP contribution is -2.58. The molecule has 3 aromatic rings. The molecular formula is C23H26F3N7O2. The van der Waals surface area contributed by atoms with Crippen molar-refractivity contribution in [2.75, 3.05) is 42.6 Å². The van der Waals surface area contributed by atoms with Crippen LogP contribution in [-0.4, -0.2) is 57.1 Å². The molecule has 0 aromatic carbocycles. The molecule has 3 aliphatic rings. The van der Waals surface area contributed by atoms with Crippen molar-refractivity contribution in [1.29, 1.82) is 0 Å². The summed E-state index contributed by atoms with van der Waals surface area (Å²) >= 11 is 0. The fourth-order valence-corrected chi connectivity index (χ4v) is 5.55. The summed E-state index contributed by atoms with van der Waals surface area (Å²) in [6.07, 6.45) is 1.84. The number of hydrogen-bond acceptors (Lipinski definition) is 7. The van der Waals surface area contributed by atoms with Gasteiger partial charge in [0.1, 0.15) is 11.1 Å². The lowest BCUT2D eigenvalue weighted by molar-refractivity contribution is -0.141. The van der Waals surface area contributed by atoms with Crippen molar-refractivity contribution in [2.24, 2.45) is 12.5 Å². The van der Waals surface area contributed by atoms with Crippen LogP contribution in [0.4, 0.5) is 24.8 Å². The van der Waals surface area contributed by atoms with Crippen LogP contribution < -0.4 is 15.4 Å². The van der Waals surface area contributed by atoms with Gasteiger partial charge < -0.3 is 14.5 Å². The van der Waals surface area contributed by atoms with E-state index in [1.807, 2.05) is 4.90 Å². The highest BCUT2D eigenvalue weighted by molar-refractivity contribution is 5.75. The largest absolute Gasteiger partial charge is 0.433 e. The SMILES string of the molecule is Cn1c(N2CCC3(CN(c4ccnc(C(F)(F)F)c4)C3)C2)nc2c(cnn2C2CCCCO2)c1=O. The molecule has 6 rings (SSSR count). The molecule has 1 atom stereocenters. The number of ether oxygens (including phenoxy) is 1. The fourth-order valence-electron chi connectivity index (χ4n) is 5.55. The van der Waals surface area contributed by atoms with E-state index >= 15 is 0 Å². The minimum absolute atomic E-state index is 0.0545. The van der Waals surface area contributed by atoms with Gasteiger partial charge in [-0.2, -0.15) is 23.3 Å². The van der Waals surface area contributed by atoms with Crippen LogP contribution in [0.2, 0.25) is 0 Å². The van der Waals surface area contributed by atoms with Crippen LogP contribution in [0.25, 0.3) is 11.0 Å². The van der Waals surface area contributed by atoms with Crippen molar-refractivity contribution in [3.63, 3.8) is 0 Å². The standard InChI is InChI=1S/C23H26F3N7O2/c1-30-20(34)16-11-28-33(18-4-2-3-9-35-18)19(16)29-21(30)31-8-6-22(12-31)13-32(14-22)15-5-7-27-17(10-15)23(24,25)26/h5,7,10-11,18H,2-4,6,8-9,12-14H2,1H3. The summed E-state index contributed by atoms with van der Waals surface area (Å²) in [5.41, 5.74) is -0.0294. The Morgan fingerprint density at radius 2 is 1.97 bits per heavy atom. The average Bonchev–Trinajstić information content (AvgIpc) is 3.46. The van der Waals surface area contributed by atoms with Crippen molar-refractivity contribution in [3.05, 3.63) is 40.6 Å². The van der Waals surface area contributed by atoms with Crippen LogP contribution in [0, 0.1) is 5.41 Å². The van der Waals surface area contributed by atoms with Gasteiger partial charge in [0.05, 0.1) is 6.20 Å². The lowest BCUT2D eigenvalue weighted by Gasteiger charge is -2.49. The van der Waals surface area contributed by atoms with Crippen LogP contribution in [-0.2, 0) is 18.0 Å². The summed E-state index contributed by atoms with van der Waals surface area (Å²) < 4.78 is 48.3. The highest BCUT2D eigenvalue weighted by Gasteiger charge is 2.49. The Balaban J connectivity index is 1.23. The van der Waals surface area contributed by atoms with Crippen LogP contribution in [0.5, 0.6) is 0 Å². The Kier molecular flexibility index (Phi) is 5.06. The van der Waals surface area contributed by atoms with E-state index in [4.69, 9.17) is 9.72 Å². The van der Waals surface area contributed by atoms with Crippen molar-refractivity contribution in [2.45, 2.75) is 38.1 Å². The summed E-state index contributed by atoms with van der Waals surface area (Å²) in [5, 5.41) is 4.88. The van der Waals surface area contributed by atoms with E-state index in [1.54, 1.807) is 28.6 Å². The fraction of sp³-hybridized carbons (Fsp3) is 0.565. The first-order valence-electron chi connectivity index (χ1n) is 11.8. The number of anilines is 2. The lowest BCUT2D eigenvalue weighted by atomic mass is 9.79. The zero-order valence-corrected chi connectivity index (χ0v) is 19.3. The van der Waals surface area contributed by atoms with E-state index in [0.29, 0.717) is 48.9 Å². The molecule has 186 valence electrons. The maximum absolute atomic E-state index is 13.1. The van der Waals surface area contributed by atoms with Gasteiger partial charge in [0.2, 0.25) is 5.95 Å². The highest BCUT2D eigenvalue weighted by atomic mass is 19.4. The van der Waals surface area contributed by atoms with E-state index < -0.39 is 11.9 Å². The van der Waals surface area contributed by atoms with E-state index in [1.165, 1.54) is 6.20 Å². The summed E-state index contributed by atoms with van der Waals surface area (Å²) in [5.74, 6) is 0.582. The molecular weight excluding hydrogens is 463 g/mol. The van der Waals surface area contributed by atoms with Crippen molar-refractivity contribution >= 4 is 22.7 Å². The van der Waals surface area contributed by atoms with E-state index in [2.05, 4.69) is 15.0 Å². The molecule has 0 saturated carbocycles. The van der Waals surface area contributed by atoms with E-state index in [-0.39, 0.29) is 17.2 Å². The molecule has 35 heavy (non-hydrogen) atoms. The Morgan fingerprint density at radius 3 is 2.71 bits per heavy atom. The average molecular weight is 490 g/mol. The second kappa shape index (κ2) is 7.94. The molecule has 0 N–H and O–H groups in total. The first kappa shape index (κ1) is 22.3. The van der Waals surface area contributed by atoms with Crippen LogP contribution in [0.1, 0.15) is 37.6 Å². The first-order valence-corrected chi connectivity index (χ1v) is 11.8. The highest BCUT2D eigenvalue weighted by Crippen LogP contribution is 2.43. The molecule has 3 aliphatic heterocycles. The topological polar surface area (TPSA) is 81.3 Å². The minimum atomic E-state index is -4.47. The summed E-state index contributed by atoms with van der Waals surface area (Å²) in [6, 6.07) is 2.72. The van der Waals surface area contributed by atoms with Crippen LogP contribution in [0.15, 0.2) is 29.3 Å². The number of nitrogens with zero attached hydrogens (tertiary/aromatic N) is 7. The number of rotatable bonds is 3. The third-order valence-electron chi connectivity index (χ3n) is 7.41. The molecule has 1 unspecified atom stereocenters. The van der Waals surface area contributed by atoms with Crippen molar-refractivity contribution in [1.82, 2.24) is 24.3 Å². The van der Waals surface area contributed by atoms with Crippen LogP contribution in [0.3, 0.4) is 0 Å². The Bertz CT molecular complexity index is 1320. The molecule has 0 amide bonds. The van der Waals surface area contributed by atoms with Gasteiger partial charge in [0, 0.05) is 57.1 Å².